The van der Waals surface area contributed by atoms with E-state index in [-0.39, 0.29) is 0 Å². The van der Waals surface area contributed by atoms with E-state index in [1.54, 1.807) is 0 Å². The summed E-state index contributed by atoms with van der Waals surface area (Å²) in [6, 6.07) is 10.5. The summed E-state index contributed by atoms with van der Waals surface area (Å²) < 4.78 is 0. The third kappa shape index (κ3) is 3.88. The first kappa shape index (κ1) is 9.75. The second-order valence-electron chi connectivity index (χ2n) is 2.67. The summed E-state index contributed by atoms with van der Waals surface area (Å²) in [7, 11) is 0. The van der Waals surface area contributed by atoms with Gasteiger partial charge in [-0.1, -0.05) is 46.3 Å². The zero-order valence-corrected chi connectivity index (χ0v) is 8.68. The number of hydrogen-bond donors (Lipinski definition) is 1. The lowest BCUT2D eigenvalue weighted by molar-refractivity contribution is 0.723. The van der Waals surface area contributed by atoms with E-state index in [1.807, 2.05) is 0 Å². The Labute approximate surface area is 82.3 Å². The van der Waals surface area contributed by atoms with Crippen LogP contribution in [0.3, 0.4) is 0 Å². The highest BCUT2D eigenvalue weighted by atomic mass is 79.9. The van der Waals surface area contributed by atoms with Crippen LogP contribution in [0.2, 0.25) is 0 Å². The Balaban J connectivity index is 2.16. The molecule has 2 heteroatoms. The number of alkyl halides is 1. The van der Waals surface area contributed by atoms with Crippen molar-refractivity contribution in [3.63, 3.8) is 0 Å². The van der Waals surface area contributed by atoms with Crippen molar-refractivity contribution in [2.45, 2.75) is 6.42 Å². The van der Waals surface area contributed by atoms with Crippen LogP contribution in [0, 0.1) is 0 Å². The van der Waals surface area contributed by atoms with Gasteiger partial charge in [0.1, 0.15) is 0 Å². The molecule has 0 heterocycles. The van der Waals surface area contributed by atoms with Gasteiger partial charge in [0.2, 0.25) is 0 Å². The normalized spacial score (nSPS) is 10.1. The molecule has 1 aromatic rings. The number of hydrogen-bond acceptors (Lipinski definition) is 1. The van der Waals surface area contributed by atoms with Crippen molar-refractivity contribution in [1.82, 2.24) is 5.32 Å². The molecule has 0 fully saturated rings. The van der Waals surface area contributed by atoms with Gasteiger partial charge in [0.15, 0.2) is 0 Å². The molecule has 0 saturated heterocycles. The maximum Gasteiger partial charge on any atom is 0.0157 e. The molecule has 0 amide bonds. The van der Waals surface area contributed by atoms with E-state index in [0.717, 1.165) is 24.8 Å². The number of benzene rings is 1. The van der Waals surface area contributed by atoms with Crippen LogP contribution in [0.5, 0.6) is 0 Å². The van der Waals surface area contributed by atoms with Gasteiger partial charge >= 0.3 is 0 Å². The van der Waals surface area contributed by atoms with Crippen molar-refractivity contribution in [3.05, 3.63) is 35.9 Å². The second-order valence-corrected chi connectivity index (χ2v) is 3.47. The topological polar surface area (TPSA) is 12.0 Å². The third-order valence-corrected chi connectivity index (χ3v) is 2.10. The van der Waals surface area contributed by atoms with E-state index >= 15 is 0 Å². The SMILES string of the molecule is BrCCNCCc1ccccc1. The fourth-order valence-electron chi connectivity index (χ4n) is 1.07. The lowest BCUT2D eigenvalue weighted by Crippen LogP contribution is -2.19. The molecule has 0 unspecified atom stereocenters. The molecule has 0 aliphatic heterocycles. The lowest BCUT2D eigenvalue weighted by atomic mass is 10.1. The maximum absolute atomic E-state index is 3.37. The highest BCUT2D eigenvalue weighted by Crippen LogP contribution is 1.97. The van der Waals surface area contributed by atoms with Crippen LogP contribution in [0.15, 0.2) is 30.3 Å². The van der Waals surface area contributed by atoms with Crippen LogP contribution in [0.1, 0.15) is 5.56 Å². The molecule has 1 N–H and O–H groups in total. The van der Waals surface area contributed by atoms with E-state index < -0.39 is 0 Å². The maximum atomic E-state index is 3.37. The fraction of sp³-hybridized carbons (Fsp3) is 0.400. The fourth-order valence-corrected chi connectivity index (χ4v) is 1.35. The highest BCUT2D eigenvalue weighted by Gasteiger charge is 1.89. The quantitative estimate of drug-likeness (QED) is 0.601. The van der Waals surface area contributed by atoms with Gasteiger partial charge in [0.05, 0.1) is 0 Å². The molecular formula is C10H14BrN. The molecule has 66 valence electrons. The third-order valence-electron chi connectivity index (χ3n) is 1.70. The summed E-state index contributed by atoms with van der Waals surface area (Å²) in [4.78, 5) is 0. The molecule has 0 aromatic heterocycles. The predicted molar refractivity (Wildman–Crippen MR) is 56.8 cm³/mol. The second kappa shape index (κ2) is 6.21. The van der Waals surface area contributed by atoms with Crippen LogP contribution in [0.25, 0.3) is 0 Å². The molecule has 0 aliphatic carbocycles. The number of halogens is 1. The number of rotatable bonds is 5. The van der Waals surface area contributed by atoms with Gasteiger partial charge in [-0.2, -0.15) is 0 Å². The molecule has 0 spiro atoms. The largest absolute Gasteiger partial charge is 0.316 e. The Kier molecular flexibility index (Phi) is 5.04. The average molecular weight is 228 g/mol. The Bertz CT molecular complexity index is 198. The van der Waals surface area contributed by atoms with E-state index in [4.69, 9.17) is 0 Å². The first-order valence-corrected chi connectivity index (χ1v) is 5.36. The number of nitrogens with one attached hydrogen (secondary N) is 1. The van der Waals surface area contributed by atoms with Crippen molar-refractivity contribution in [1.29, 1.82) is 0 Å². The van der Waals surface area contributed by atoms with Crippen LogP contribution in [-0.4, -0.2) is 18.4 Å². The van der Waals surface area contributed by atoms with Crippen molar-refractivity contribution >= 4 is 15.9 Å². The summed E-state index contributed by atoms with van der Waals surface area (Å²) in [5, 5.41) is 4.37. The summed E-state index contributed by atoms with van der Waals surface area (Å²) in [5.41, 5.74) is 1.40. The molecule has 0 saturated carbocycles. The van der Waals surface area contributed by atoms with Gasteiger partial charge < -0.3 is 5.32 Å². The first-order valence-electron chi connectivity index (χ1n) is 4.24. The Morgan fingerprint density at radius 3 is 2.50 bits per heavy atom. The van der Waals surface area contributed by atoms with Gasteiger partial charge in [-0.15, -0.1) is 0 Å². The standard InChI is InChI=1S/C10H14BrN/c11-7-9-12-8-6-10-4-2-1-3-5-10/h1-5,12H,6-9H2. The average Bonchev–Trinajstić information content (AvgIpc) is 2.14. The van der Waals surface area contributed by atoms with Gasteiger partial charge in [-0.25, -0.2) is 0 Å². The zero-order valence-electron chi connectivity index (χ0n) is 7.09. The monoisotopic (exact) mass is 227 g/mol. The minimum absolute atomic E-state index is 1.03. The molecule has 0 atom stereocenters. The molecule has 1 nitrogen and oxygen atoms in total. The zero-order chi connectivity index (χ0) is 8.65. The highest BCUT2D eigenvalue weighted by molar-refractivity contribution is 9.09. The Morgan fingerprint density at radius 1 is 1.08 bits per heavy atom. The van der Waals surface area contributed by atoms with Crippen molar-refractivity contribution in [2.24, 2.45) is 0 Å². The van der Waals surface area contributed by atoms with Gasteiger partial charge in [0.25, 0.3) is 0 Å². The van der Waals surface area contributed by atoms with Crippen molar-refractivity contribution in [2.75, 3.05) is 18.4 Å². The van der Waals surface area contributed by atoms with Crippen molar-refractivity contribution < 1.29 is 0 Å². The van der Waals surface area contributed by atoms with Gasteiger partial charge in [0, 0.05) is 11.9 Å². The summed E-state index contributed by atoms with van der Waals surface area (Å²) >= 11 is 3.37. The molecule has 12 heavy (non-hydrogen) atoms. The van der Waals surface area contributed by atoms with Crippen LogP contribution in [0.4, 0.5) is 0 Å². The molecule has 1 aromatic carbocycles. The minimum Gasteiger partial charge on any atom is -0.316 e. The van der Waals surface area contributed by atoms with Crippen LogP contribution < -0.4 is 5.32 Å². The Morgan fingerprint density at radius 2 is 1.83 bits per heavy atom. The molecule has 0 aliphatic rings. The smallest absolute Gasteiger partial charge is 0.0157 e. The molecule has 0 radical (unpaired) electrons. The van der Waals surface area contributed by atoms with E-state index in [9.17, 15) is 0 Å². The predicted octanol–water partition coefficient (Wildman–Crippen LogP) is 2.21. The summed E-state index contributed by atoms with van der Waals surface area (Å²) in [6.45, 7) is 2.11. The van der Waals surface area contributed by atoms with Gasteiger partial charge in [-0.3, -0.25) is 0 Å². The van der Waals surface area contributed by atoms with E-state index in [1.165, 1.54) is 5.56 Å². The Hall–Kier alpha value is -0.340. The lowest BCUT2D eigenvalue weighted by Gasteiger charge is -2.01. The van der Waals surface area contributed by atoms with Crippen LogP contribution >= 0.6 is 15.9 Å². The van der Waals surface area contributed by atoms with Crippen molar-refractivity contribution in [3.8, 4) is 0 Å². The first-order chi connectivity index (χ1) is 5.93. The van der Waals surface area contributed by atoms with Gasteiger partial charge in [-0.05, 0) is 18.5 Å². The van der Waals surface area contributed by atoms with E-state index in [0.29, 0.717) is 0 Å². The van der Waals surface area contributed by atoms with E-state index in [2.05, 4.69) is 51.6 Å². The minimum atomic E-state index is 1.03. The summed E-state index contributed by atoms with van der Waals surface area (Å²) in [6.07, 6.45) is 1.12. The van der Waals surface area contributed by atoms with Crippen LogP contribution in [-0.2, 0) is 6.42 Å². The molecular weight excluding hydrogens is 214 g/mol. The summed E-state index contributed by atoms with van der Waals surface area (Å²) in [5.74, 6) is 0. The molecule has 0 bridgehead atoms. The molecule has 1 rings (SSSR count).